The van der Waals surface area contributed by atoms with Crippen LogP contribution >= 0.6 is 15.9 Å². The van der Waals surface area contributed by atoms with Crippen molar-refractivity contribution >= 4 is 33.4 Å². The molecular formula is C20H21BrN4. The number of nitrogens with one attached hydrogen (secondary N) is 2. The van der Waals surface area contributed by atoms with Crippen molar-refractivity contribution in [1.29, 1.82) is 0 Å². The maximum Gasteiger partial charge on any atom is 0.224 e. The molecular weight excluding hydrogens is 376 g/mol. The zero-order chi connectivity index (χ0) is 17.6. The van der Waals surface area contributed by atoms with Crippen LogP contribution in [-0.4, -0.2) is 16.5 Å². The number of aromatic nitrogens is 2. The molecule has 3 aromatic rings. The summed E-state index contributed by atoms with van der Waals surface area (Å²) in [4.78, 5) is 9.05. The molecule has 0 spiro atoms. The molecule has 0 aliphatic rings. The van der Waals surface area contributed by atoms with Gasteiger partial charge in [-0.3, -0.25) is 0 Å². The lowest BCUT2D eigenvalue weighted by atomic mass is 10.1. The summed E-state index contributed by atoms with van der Waals surface area (Å²) in [6.07, 6.45) is 0.937. The van der Waals surface area contributed by atoms with Crippen LogP contribution in [0.2, 0.25) is 0 Å². The van der Waals surface area contributed by atoms with Crippen LogP contribution < -0.4 is 10.6 Å². The van der Waals surface area contributed by atoms with Gasteiger partial charge >= 0.3 is 0 Å². The largest absolute Gasteiger partial charge is 0.354 e. The molecule has 4 nitrogen and oxygen atoms in total. The third kappa shape index (κ3) is 5.03. The van der Waals surface area contributed by atoms with Crippen LogP contribution in [0.5, 0.6) is 0 Å². The standard InChI is InChI=1S/C20H21BrN4/c1-14-12-17(21)8-9-18(14)24-19-13-15(2)23-20(25-19)22-11-10-16-6-4-3-5-7-16/h3-9,12-13H,10-11H2,1-2H3,(H2,22,23,24,25). The number of hydrogen-bond acceptors (Lipinski definition) is 4. The fourth-order valence-electron chi connectivity index (χ4n) is 2.58. The van der Waals surface area contributed by atoms with E-state index in [0.29, 0.717) is 5.95 Å². The van der Waals surface area contributed by atoms with E-state index in [9.17, 15) is 0 Å². The predicted octanol–water partition coefficient (Wildman–Crippen LogP) is 5.25. The van der Waals surface area contributed by atoms with Crippen molar-refractivity contribution < 1.29 is 0 Å². The number of nitrogens with zero attached hydrogens (tertiary/aromatic N) is 2. The van der Waals surface area contributed by atoms with Crippen molar-refractivity contribution in [2.24, 2.45) is 0 Å². The second kappa shape index (κ2) is 8.12. The molecule has 128 valence electrons. The van der Waals surface area contributed by atoms with Crippen molar-refractivity contribution in [3.63, 3.8) is 0 Å². The summed E-state index contributed by atoms with van der Waals surface area (Å²) in [6.45, 7) is 4.84. The first-order chi connectivity index (χ1) is 12.1. The molecule has 0 aliphatic carbocycles. The van der Waals surface area contributed by atoms with Crippen molar-refractivity contribution in [1.82, 2.24) is 9.97 Å². The Labute approximate surface area is 156 Å². The number of rotatable bonds is 6. The molecule has 5 heteroatoms. The molecule has 2 N–H and O–H groups in total. The summed E-state index contributed by atoms with van der Waals surface area (Å²) >= 11 is 3.49. The molecule has 0 aliphatic heterocycles. The lowest BCUT2D eigenvalue weighted by Crippen LogP contribution is -2.09. The van der Waals surface area contributed by atoms with Crippen molar-refractivity contribution in [2.45, 2.75) is 20.3 Å². The zero-order valence-electron chi connectivity index (χ0n) is 14.4. The van der Waals surface area contributed by atoms with Crippen LogP contribution in [0, 0.1) is 13.8 Å². The molecule has 0 bridgehead atoms. The molecule has 0 saturated carbocycles. The monoisotopic (exact) mass is 396 g/mol. The Kier molecular flexibility index (Phi) is 5.66. The highest BCUT2D eigenvalue weighted by Crippen LogP contribution is 2.23. The molecule has 0 fully saturated rings. The van der Waals surface area contributed by atoms with Gasteiger partial charge in [0.2, 0.25) is 5.95 Å². The molecule has 2 aromatic carbocycles. The minimum absolute atomic E-state index is 0.646. The highest BCUT2D eigenvalue weighted by molar-refractivity contribution is 9.10. The van der Waals surface area contributed by atoms with Gasteiger partial charge in [-0.15, -0.1) is 0 Å². The molecule has 1 heterocycles. The molecule has 0 atom stereocenters. The average molecular weight is 397 g/mol. The normalized spacial score (nSPS) is 10.5. The van der Waals surface area contributed by atoms with E-state index < -0.39 is 0 Å². The quantitative estimate of drug-likeness (QED) is 0.596. The molecule has 0 radical (unpaired) electrons. The second-order valence-electron chi connectivity index (χ2n) is 5.96. The molecule has 25 heavy (non-hydrogen) atoms. The van der Waals surface area contributed by atoms with Crippen molar-refractivity contribution in [3.05, 3.63) is 75.9 Å². The summed E-state index contributed by atoms with van der Waals surface area (Å²) in [7, 11) is 0. The summed E-state index contributed by atoms with van der Waals surface area (Å²) < 4.78 is 1.07. The van der Waals surface area contributed by atoms with Crippen molar-refractivity contribution in [2.75, 3.05) is 17.2 Å². The van der Waals surface area contributed by atoms with Gasteiger partial charge in [-0.25, -0.2) is 4.98 Å². The van der Waals surface area contributed by atoms with E-state index in [1.54, 1.807) is 0 Å². The summed E-state index contributed by atoms with van der Waals surface area (Å²) in [5, 5.41) is 6.69. The fraction of sp³-hybridized carbons (Fsp3) is 0.200. The Morgan fingerprint density at radius 1 is 0.960 bits per heavy atom. The minimum atomic E-state index is 0.646. The van der Waals surface area contributed by atoms with Gasteiger partial charge in [0.05, 0.1) is 0 Å². The average Bonchev–Trinajstić information content (AvgIpc) is 2.58. The Morgan fingerprint density at radius 3 is 2.52 bits per heavy atom. The van der Waals surface area contributed by atoms with Gasteiger partial charge < -0.3 is 10.6 Å². The summed E-state index contributed by atoms with van der Waals surface area (Å²) in [5.74, 6) is 1.44. The van der Waals surface area contributed by atoms with E-state index in [0.717, 1.165) is 40.2 Å². The number of anilines is 3. The minimum Gasteiger partial charge on any atom is -0.354 e. The zero-order valence-corrected chi connectivity index (χ0v) is 16.0. The SMILES string of the molecule is Cc1cc(Nc2ccc(Br)cc2C)nc(NCCc2ccccc2)n1. The van der Waals surface area contributed by atoms with Gasteiger partial charge in [-0.1, -0.05) is 46.3 Å². The third-order valence-corrected chi connectivity index (χ3v) is 4.34. The first-order valence-electron chi connectivity index (χ1n) is 8.27. The van der Waals surface area contributed by atoms with E-state index in [2.05, 4.69) is 73.8 Å². The Hall–Kier alpha value is -2.40. The number of benzene rings is 2. The maximum absolute atomic E-state index is 4.58. The van der Waals surface area contributed by atoms with Gasteiger partial charge in [0.25, 0.3) is 0 Å². The first kappa shape index (κ1) is 17.4. The highest BCUT2D eigenvalue weighted by atomic mass is 79.9. The van der Waals surface area contributed by atoms with Crippen LogP contribution in [0.15, 0.2) is 59.1 Å². The number of aryl methyl sites for hydroxylation is 2. The van der Waals surface area contributed by atoms with Gasteiger partial charge in [0, 0.05) is 28.5 Å². The van der Waals surface area contributed by atoms with Gasteiger partial charge in [0.15, 0.2) is 0 Å². The predicted molar refractivity (Wildman–Crippen MR) is 108 cm³/mol. The third-order valence-electron chi connectivity index (χ3n) is 3.85. The fourth-order valence-corrected chi connectivity index (χ4v) is 3.06. The van der Waals surface area contributed by atoms with Gasteiger partial charge in [-0.05, 0) is 49.6 Å². The number of hydrogen-bond donors (Lipinski definition) is 2. The van der Waals surface area contributed by atoms with E-state index in [1.807, 2.05) is 31.2 Å². The molecule has 3 rings (SSSR count). The molecule has 0 unspecified atom stereocenters. The molecule has 0 saturated heterocycles. The van der Waals surface area contributed by atoms with Crippen LogP contribution in [0.25, 0.3) is 0 Å². The van der Waals surface area contributed by atoms with E-state index in [4.69, 9.17) is 0 Å². The molecule has 1 aromatic heterocycles. The second-order valence-corrected chi connectivity index (χ2v) is 6.88. The Bertz CT molecular complexity index is 850. The number of halogens is 1. The smallest absolute Gasteiger partial charge is 0.224 e. The van der Waals surface area contributed by atoms with Crippen LogP contribution in [0.4, 0.5) is 17.5 Å². The highest BCUT2D eigenvalue weighted by Gasteiger charge is 2.05. The van der Waals surface area contributed by atoms with Crippen molar-refractivity contribution in [3.8, 4) is 0 Å². The Morgan fingerprint density at radius 2 is 1.76 bits per heavy atom. The van der Waals surface area contributed by atoms with Crippen LogP contribution in [0.1, 0.15) is 16.8 Å². The topological polar surface area (TPSA) is 49.8 Å². The van der Waals surface area contributed by atoms with E-state index >= 15 is 0 Å². The van der Waals surface area contributed by atoms with E-state index in [1.165, 1.54) is 5.56 Å². The molecule has 0 amide bonds. The summed E-state index contributed by atoms with van der Waals surface area (Å²) in [5.41, 5.74) is 4.42. The van der Waals surface area contributed by atoms with Gasteiger partial charge in [-0.2, -0.15) is 4.98 Å². The first-order valence-corrected chi connectivity index (χ1v) is 9.06. The Balaban J connectivity index is 1.67. The van der Waals surface area contributed by atoms with Crippen LogP contribution in [-0.2, 0) is 6.42 Å². The summed E-state index contributed by atoms with van der Waals surface area (Å²) in [6, 6.07) is 18.5. The van der Waals surface area contributed by atoms with Gasteiger partial charge in [0.1, 0.15) is 5.82 Å². The maximum atomic E-state index is 4.58. The van der Waals surface area contributed by atoms with E-state index in [-0.39, 0.29) is 0 Å². The lowest BCUT2D eigenvalue weighted by Gasteiger charge is -2.12. The lowest BCUT2D eigenvalue weighted by molar-refractivity contribution is 0.976. The van der Waals surface area contributed by atoms with Crippen LogP contribution in [0.3, 0.4) is 0 Å².